The summed E-state index contributed by atoms with van der Waals surface area (Å²) < 4.78 is 0. The monoisotopic (exact) mass is 354 g/mol. The van der Waals surface area contributed by atoms with Crippen molar-refractivity contribution in [1.82, 2.24) is 14.8 Å². The van der Waals surface area contributed by atoms with Crippen LogP contribution in [0.15, 0.2) is 29.6 Å². The Morgan fingerprint density at radius 2 is 1.96 bits per heavy atom. The summed E-state index contributed by atoms with van der Waals surface area (Å²) in [5.41, 5.74) is 1.79. The maximum absolute atomic E-state index is 12.5. The maximum Gasteiger partial charge on any atom is 0.254 e. The van der Waals surface area contributed by atoms with Crippen LogP contribution >= 0.6 is 11.3 Å². The Balaban J connectivity index is 1.56. The lowest BCUT2D eigenvalue weighted by Crippen LogP contribution is -2.51. The van der Waals surface area contributed by atoms with E-state index in [2.05, 4.69) is 4.98 Å². The van der Waals surface area contributed by atoms with E-state index in [1.807, 2.05) is 18.4 Å². The molecule has 6 nitrogen and oxygen atoms in total. The Morgan fingerprint density at radius 1 is 1.24 bits per heavy atom. The van der Waals surface area contributed by atoms with Crippen LogP contribution in [0, 0.1) is 18.3 Å². The normalized spacial score (nSPS) is 14.2. The van der Waals surface area contributed by atoms with E-state index in [0.29, 0.717) is 43.7 Å². The Morgan fingerprint density at radius 3 is 2.60 bits per heavy atom. The van der Waals surface area contributed by atoms with Gasteiger partial charge in [0, 0.05) is 37.1 Å². The number of rotatable bonds is 3. The van der Waals surface area contributed by atoms with E-state index in [1.54, 1.807) is 45.4 Å². The molecule has 25 heavy (non-hydrogen) atoms. The van der Waals surface area contributed by atoms with E-state index >= 15 is 0 Å². The number of thiazole rings is 1. The number of amides is 2. The summed E-state index contributed by atoms with van der Waals surface area (Å²) in [7, 11) is 0. The molecular formula is C18H18N4O2S. The maximum atomic E-state index is 12.5. The molecule has 1 aromatic carbocycles. The van der Waals surface area contributed by atoms with E-state index in [9.17, 15) is 9.59 Å². The van der Waals surface area contributed by atoms with Gasteiger partial charge in [-0.25, -0.2) is 4.98 Å². The fourth-order valence-electron chi connectivity index (χ4n) is 2.82. The van der Waals surface area contributed by atoms with Gasteiger partial charge in [0.15, 0.2) is 0 Å². The van der Waals surface area contributed by atoms with Crippen molar-refractivity contribution in [2.45, 2.75) is 13.3 Å². The summed E-state index contributed by atoms with van der Waals surface area (Å²) in [4.78, 5) is 32.7. The molecule has 1 fully saturated rings. The van der Waals surface area contributed by atoms with E-state index in [4.69, 9.17) is 5.26 Å². The molecule has 1 aliphatic heterocycles. The molecule has 0 saturated carbocycles. The SMILES string of the molecule is Cc1nc(CC(=O)N2CCN(C(=O)c3cccc(C#N)c3)CC2)cs1. The smallest absolute Gasteiger partial charge is 0.254 e. The average molecular weight is 354 g/mol. The first-order valence-electron chi connectivity index (χ1n) is 8.05. The molecule has 0 N–H and O–H groups in total. The second-order valence-corrected chi connectivity index (χ2v) is 6.96. The zero-order valence-corrected chi connectivity index (χ0v) is 14.8. The van der Waals surface area contributed by atoms with Crippen LogP contribution in [0.25, 0.3) is 0 Å². The highest BCUT2D eigenvalue weighted by atomic mass is 32.1. The Hall–Kier alpha value is -2.72. The van der Waals surface area contributed by atoms with E-state index in [0.717, 1.165) is 10.7 Å². The molecule has 0 atom stereocenters. The molecule has 2 amide bonds. The molecule has 128 valence electrons. The molecule has 0 spiro atoms. The minimum absolute atomic E-state index is 0.0453. The molecule has 7 heteroatoms. The standard InChI is InChI=1S/C18H18N4O2S/c1-13-20-16(12-25-13)10-17(23)21-5-7-22(8-6-21)18(24)15-4-2-3-14(9-15)11-19/h2-4,9,12H,5-8,10H2,1H3. The fourth-order valence-corrected chi connectivity index (χ4v) is 3.43. The number of hydrogen-bond donors (Lipinski definition) is 0. The fraction of sp³-hybridized carbons (Fsp3) is 0.333. The lowest BCUT2D eigenvalue weighted by molar-refractivity contribution is -0.132. The minimum Gasteiger partial charge on any atom is -0.339 e. The third kappa shape index (κ3) is 4.03. The number of benzene rings is 1. The summed E-state index contributed by atoms with van der Waals surface area (Å²) in [6.07, 6.45) is 0.308. The van der Waals surface area contributed by atoms with E-state index in [1.165, 1.54) is 0 Å². The molecular weight excluding hydrogens is 336 g/mol. The van der Waals surface area contributed by atoms with E-state index in [-0.39, 0.29) is 11.8 Å². The van der Waals surface area contributed by atoms with Gasteiger partial charge >= 0.3 is 0 Å². The number of aromatic nitrogens is 1. The van der Waals surface area contributed by atoms with Gasteiger partial charge in [0.25, 0.3) is 5.91 Å². The predicted octanol–water partition coefficient (Wildman–Crippen LogP) is 1.85. The van der Waals surface area contributed by atoms with Crippen molar-refractivity contribution in [3.05, 3.63) is 51.5 Å². The predicted molar refractivity (Wildman–Crippen MR) is 94.2 cm³/mol. The van der Waals surface area contributed by atoms with Gasteiger partial charge in [-0.1, -0.05) is 6.07 Å². The van der Waals surface area contributed by atoms with Gasteiger partial charge < -0.3 is 9.80 Å². The summed E-state index contributed by atoms with van der Waals surface area (Å²) in [6, 6.07) is 8.74. The van der Waals surface area contributed by atoms with Crippen molar-refractivity contribution in [2.75, 3.05) is 26.2 Å². The molecule has 2 aromatic rings. The molecule has 1 aromatic heterocycles. The van der Waals surface area contributed by atoms with Crippen LogP contribution in [0.5, 0.6) is 0 Å². The average Bonchev–Trinajstić information content (AvgIpc) is 3.06. The highest BCUT2D eigenvalue weighted by Gasteiger charge is 2.25. The first-order valence-corrected chi connectivity index (χ1v) is 8.93. The van der Waals surface area contributed by atoms with Crippen molar-refractivity contribution in [1.29, 1.82) is 5.26 Å². The second-order valence-electron chi connectivity index (χ2n) is 5.90. The number of aryl methyl sites for hydroxylation is 1. The number of carbonyl (C=O) groups excluding carboxylic acids is 2. The first kappa shape index (κ1) is 17.1. The van der Waals surface area contributed by atoms with Gasteiger partial charge in [-0.15, -0.1) is 11.3 Å². The molecule has 1 saturated heterocycles. The topological polar surface area (TPSA) is 77.3 Å². The third-order valence-electron chi connectivity index (χ3n) is 4.16. The summed E-state index contributed by atoms with van der Waals surface area (Å²) in [5.74, 6) is -0.0526. The number of nitrogens with zero attached hydrogens (tertiary/aromatic N) is 4. The van der Waals surface area contributed by atoms with Crippen LogP contribution in [-0.2, 0) is 11.2 Å². The van der Waals surface area contributed by atoms with E-state index < -0.39 is 0 Å². The number of carbonyl (C=O) groups is 2. The number of hydrogen-bond acceptors (Lipinski definition) is 5. The highest BCUT2D eigenvalue weighted by Crippen LogP contribution is 2.13. The zero-order chi connectivity index (χ0) is 17.8. The van der Waals surface area contributed by atoms with Crippen molar-refractivity contribution >= 4 is 23.2 Å². The molecule has 1 aliphatic rings. The Bertz CT molecular complexity index is 832. The van der Waals surface area contributed by atoms with Crippen LogP contribution in [0.1, 0.15) is 26.6 Å². The lowest BCUT2D eigenvalue weighted by atomic mass is 10.1. The Labute approximate surface area is 150 Å². The number of piperazine rings is 1. The molecule has 0 aliphatic carbocycles. The molecule has 0 radical (unpaired) electrons. The summed E-state index contributed by atoms with van der Waals surface area (Å²) >= 11 is 1.54. The number of nitriles is 1. The second kappa shape index (κ2) is 7.45. The van der Waals surface area contributed by atoms with Crippen molar-refractivity contribution in [3.8, 4) is 6.07 Å². The molecule has 0 bridgehead atoms. The van der Waals surface area contributed by atoms with Crippen LogP contribution in [0.2, 0.25) is 0 Å². The van der Waals surface area contributed by atoms with Crippen LogP contribution in [-0.4, -0.2) is 52.8 Å². The van der Waals surface area contributed by atoms with Crippen LogP contribution < -0.4 is 0 Å². The lowest BCUT2D eigenvalue weighted by Gasteiger charge is -2.34. The van der Waals surface area contributed by atoms with Gasteiger partial charge in [-0.3, -0.25) is 9.59 Å². The van der Waals surface area contributed by atoms with Gasteiger partial charge in [-0.05, 0) is 25.1 Å². The summed E-state index contributed by atoms with van der Waals surface area (Å²) in [6.45, 7) is 3.95. The molecule has 3 rings (SSSR count). The summed E-state index contributed by atoms with van der Waals surface area (Å²) in [5, 5.41) is 11.8. The van der Waals surface area contributed by atoms with Gasteiger partial charge in [0.05, 0.1) is 28.8 Å². The van der Waals surface area contributed by atoms with Crippen molar-refractivity contribution in [2.24, 2.45) is 0 Å². The van der Waals surface area contributed by atoms with Crippen LogP contribution in [0.4, 0.5) is 0 Å². The van der Waals surface area contributed by atoms with Gasteiger partial charge in [0.2, 0.25) is 5.91 Å². The first-order chi connectivity index (χ1) is 12.1. The highest BCUT2D eigenvalue weighted by molar-refractivity contribution is 7.09. The third-order valence-corrected chi connectivity index (χ3v) is 4.98. The van der Waals surface area contributed by atoms with Crippen molar-refractivity contribution in [3.63, 3.8) is 0 Å². The Kier molecular flexibility index (Phi) is 5.10. The van der Waals surface area contributed by atoms with Crippen molar-refractivity contribution < 1.29 is 9.59 Å². The molecule has 0 unspecified atom stereocenters. The zero-order valence-electron chi connectivity index (χ0n) is 13.9. The van der Waals surface area contributed by atoms with Gasteiger partial charge in [0.1, 0.15) is 0 Å². The largest absolute Gasteiger partial charge is 0.339 e. The quantitative estimate of drug-likeness (QED) is 0.843. The minimum atomic E-state index is -0.0978. The van der Waals surface area contributed by atoms with Crippen LogP contribution in [0.3, 0.4) is 0 Å². The molecule has 2 heterocycles. The van der Waals surface area contributed by atoms with Gasteiger partial charge in [-0.2, -0.15) is 5.26 Å².